The average molecular weight is 366 g/mol. The third-order valence-electron chi connectivity index (χ3n) is 5.05. The van der Waals surface area contributed by atoms with Gasteiger partial charge in [-0.25, -0.2) is 18.1 Å². The van der Waals surface area contributed by atoms with E-state index in [0.29, 0.717) is 10.8 Å². The maximum absolute atomic E-state index is 12.6. The zero-order chi connectivity index (χ0) is 16.6. The molecule has 0 amide bonds. The SMILES string of the molecule is O=S(=O)(NC1CCCC1)c1ccc2nc(C3CCNCC3)sc2c1. The fourth-order valence-electron chi connectivity index (χ4n) is 3.66. The highest BCUT2D eigenvalue weighted by Crippen LogP contribution is 2.33. The lowest BCUT2D eigenvalue weighted by Crippen LogP contribution is -2.32. The van der Waals surface area contributed by atoms with E-state index >= 15 is 0 Å². The zero-order valence-corrected chi connectivity index (χ0v) is 15.3. The molecule has 0 radical (unpaired) electrons. The molecule has 0 bridgehead atoms. The highest BCUT2D eigenvalue weighted by Gasteiger charge is 2.24. The molecule has 130 valence electrons. The van der Waals surface area contributed by atoms with Crippen molar-refractivity contribution >= 4 is 31.6 Å². The quantitative estimate of drug-likeness (QED) is 0.874. The average Bonchev–Trinajstić information content (AvgIpc) is 3.23. The van der Waals surface area contributed by atoms with E-state index in [2.05, 4.69) is 10.0 Å². The normalized spacial score (nSPS) is 20.8. The smallest absolute Gasteiger partial charge is 0.240 e. The Kier molecular flexibility index (Phi) is 4.60. The molecule has 2 heterocycles. The molecule has 0 unspecified atom stereocenters. The Morgan fingerprint density at radius 2 is 1.88 bits per heavy atom. The summed E-state index contributed by atoms with van der Waals surface area (Å²) in [5, 5.41) is 4.51. The van der Waals surface area contributed by atoms with Crippen LogP contribution < -0.4 is 10.0 Å². The number of thiazole rings is 1. The molecule has 1 aliphatic heterocycles. The molecule has 24 heavy (non-hydrogen) atoms. The van der Waals surface area contributed by atoms with Gasteiger partial charge in [-0.1, -0.05) is 12.8 Å². The van der Waals surface area contributed by atoms with Crippen LogP contribution >= 0.6 is 11.3 Å². The van der Waals surface area contributed by atoms with Crippen molar-refractivity contribution < 1.29 is 8.42 Å². The van der Waals surface area contributed by atoms with Crippen molar-refractivity contribution in [1.29, 1.82) is 0 Å². The Bertz CT molecular complexity index is 819. The van der Waals surface area contributed by atoms with Crippen LogP contribution in [0.1, 0.15) is 49.5 Å². The molecule has 4 rings (SSSR count). The van der Waals surface area contributed by atoms with E-state index in [-0.39, 0.29) is 6.04 Å². The van der Waals surface area contributed by atoms with Crippen LogP contribution in [0.3, 0.4) is 0 Å². The number of nitrogens with zero attached hydrogens (tertiary/aromatic N) is 1. The van der Waals surface area contributed by atoms with Gasteiger partial charge in [-0.3, -0.25) is 0 Å². The van der Waals surface area contributed by atoms with Gasteiger partial charge in [0.2, 0.25) is 10.0 Å². The number of piperidine rings is 1. The molecule has 0 atom stereocenters. The summed E-state index contributed by atoms with van der Waals surface area (Å²) in [5.41, 5.74) is 0.911. The molecule has 0 spiro atoms. The van der Waals surface area contributed by atoms with Gasteiger partial charge in [0, 0.05) is 12.0 Å². The lowest BCUT2D eigenvalue weighted by molar-refractivity contribution is 0.459. The fraction of sp³-hybridized carbons (Fsp3) is 0.588. The number of fused-ring (bicyclic) bond motifs is 1. The van der Waals surface area contributed by atoms with E-state index in [1.807, 2.05) is 6.07 Å². The molecule has 1 saturated heterocycles. The van der Waals surface area contributed by atoms with Crippen LogP contribution in [-0.4, -0.2) is 32.5 Å². The van der Waals surface area contributed by atoms with E-state index in [0.717, 1.165) is 66.8 Å². The first-order valence-corrected chi connectivity index (χ1v) is 11.1. The molecule has 2 aliphatic rings. The second kappa shape index (κ2) is 6.71. The van der Waals surface area contributed by atoms with Crippen molar-refractivity contribution in [3.05, 3.63) is 23.2 Å². The number of aromatic nitrogens is 1. The molecule has 1 aliphatic carbocycles. The molecule has 2 N–H and O–H groups in total. The minimum Gasteiger partial charge on any atom is -0.317 e. The first kappa shape index (κ1) is 16.4. The Morgan fingerprint density at radius 3 is 2.62 bits per heavy atom. The highest BCUT2D eigenvalue weighted by atomic mass is 32.2. The highest BCUT2D eigenvalue weighted by molar-refractivity contribution is 7.89. The first-order valence-electron chi connectivity index (χ1n) is 8.75. The van der Waals surface area contributed by atoms with Crippen LogP contribution in [0.5, 0.6) is 0 Å². The molecular weight excluding hydrogens is 342 g/mol. The van der Waals surface area contributed by atoms with Crippen LogP contribution in [0.4, 0.5) is 0 Å². The number of rotatable bonds is 4. The summed E-state index contributed by atoms with van der Waals surface area (Å²) in [6.07, 6.45) is 6.33. The summed E-state index contributed by atoms with van der Waals surface area (Å²) >= 11 is 1.65. The molecule has 2 fully saturated rings. The molecule has 2 aromatic rings. The van der Waals surface area contributed by atoms with E-state index in [1.165, 1.54) is 0 Å². The maximum atomic E-state index is 12.6. The third-order valence-corrected chi connectivity index (χ3v) is 7.75. The Morgan fingerprint density at radius 1 is 1.12 bits per heavy atom. The predicted molar refractivity (Wildman–Crippen MR) is 97.0 cm³/mol. The van der Waals surface area contributed by atoms with Crippen molar-refractivity contribution in [2.45, 2.75) is 55.4 Å². The summed E-state index contributed by atoms with van der Waals surface area (Å²) in [6.45, 7) is 2.07. The van der Waals surface area contributed by atoms with Crippen LogP contribution in [0.15, 0.2) is 23.1 Å². The van der Waals surface area contributed by atoms with Gasteiger partial charge in [0.25, 0.3) is 0 Å². The van der Waals surface area contributed by atoms with Crippen LogP contribution in [0.2, 0.25) is 0 Å². The van der Waals surface area contributed by atoms with Crippen LogP contribution in [-0.2, 0) is 10.0 Å². The van der Waals surface area contributed by atoms with E-state index < -0.39 is 10.0 Å². The predicted octanol–water partition coefficient (Wildman–Crippen LogP) is 2.98. The molecular formula is C17H23N3O2S2. The zero-order valence-electron chi connectivity index (χ0n) is 13.6. The maximum Gasteiger partial charge on any atom is 0.240 e. The van der Waals surface area contributed by atoms with Gasteiger partial charge in [0.1, 0.15) is 0 Å². The topological polar surface area (TPSA) is 71.1 Å². The summed E-state index contributed by atoms with van der Waals surface area (Å²) in [4.78, 5) is 5.10. The van der Waals surface area contributed by atoms with E-state index in [9.17, 15) is 8.42 Å². The third kappa shape index (κ3) is 3.35. The van der Waals surface area contributed by atoms with Gasteiger partial charge in [-0.15, -0.1) is 11.3 Å². The number of benzene rings is 1. The fourth-order valence-corrected chi connectivity index (χ4v) is 6.25. The number of nitrogens with one attached hydrogen (secondary N) is 2. The Balaban J connectivity index is 1.60. The standard InChI is InChI=1S/C17H23N3O2S2/c21-24(22,20-13-3-1-2-4-13)14-5-6-15-16(11-14)23-17(19-15)12-7-9-18-10-8-12/h5-6,11-13,18,20H,1-4,7-10H2. The van der Waals surface area contributed by atoms with Crippen molar-refractivity contribution in [1.82, 2.24) is 15.0 Å². The van der Waals surface area contributed by atoms with E-state index in [4.69, 9.17) is 4.98 Å². The summed E-state index contributed by atoms with van der Waals surface area (Å²) < 4.78 is 29.0. The monoisotopic (exact) mass is 365 g/mol. The van der Waals surface area contributed by atoms with Gasteiger partial charge >= 0.3 is 0 Å². The van der Waals surface area contributed by atoms with Crippen molar-refractivity contribution in [3.8, 4) is 0 Å². The van der Waals surface area contributed by atoms with Gasteiger partial charge < -0.3 is 5.32 Å². The minimum atomic E-state index is -3.43. The summed E-state index contributed by atoms with van der Waals surface area (Å²) in [5.74, 6) is 0.500. The van der Waals surface area contributed by atoms with Crippen LogP contribution in [0.25, 0.3) is 10.2 Å². The summed E-state index contributed by atoms with van der Waals surface area (Å²) in [6, 6.07) is 5.41. The number of hydrogen-bond acceptors (Lipinski definition) is 5. The minimum absolute atomic E-state index is 0.0949. The molecule has 7 heteroatoms. The molecule has 1 saturated carbocycles. The van der Waals surface area contributed by atoms with Crippen molar-refractivity contribution in [2.75, 3.05) is 13.1 Å². The van der Waals surface area contributed by atoms with Gasteiger partial charge in [-0.2, -0.15) is 0 Å². The largest absolute Gasteiger partial charge is 0.317 e. The van der Waals surface area contributed by atoms with Gasteiger partial charge in [0.15, 0.2) is 0 Å². The second-order valence-corrected chi connectivity index (χ2v) is 9.58. The molecule has 5 nitrogen and oxygen atoms in total. The number of hydrogen-bond donors (Lipinski definition) is 2. The second-order valence-electron chi connectivity index (χ2n) is 6.81. The number of sulfonamides is 1. The lowest BCUT2D eigenvalue weighted by Gasteiger charge is -2.20. The van der Waals surface area contributed by atoms with Crippen molar-refractivity contribution in [3.63, 3.8) is 0 Å². The van der Waals surface area contributed by atoms with Crippen molar-refractivity contribution in [2.24, 2.45) is 0 Å². The first-order chi connectivity index (χ1) is 11.6. The Labute approximate surface area is 146 Å². The lowest BCUT2D eigenvalue weighted by atomic mass is 9.99. The van der Waals surface area contributed by atoms with Crippen LogP contribution in [0, 0.1) is 0 Å². The van der Waals surface area contributed by atoms with Gasteiger partial charge in [-0.05, 0) is 57.0 Å². The summed E-state index contributed by atoms with van der Waals surface area (Å²) in [7, 11) is -3.43. The van der Waals surface area contributed by atoms with Gasteiger partial charge in [0.05, 0.1) is 20.1 Å². The Hall–Kier alpha value is -1.02. The van der Waals surface area contributed by atoms with E-state index in [1.54, 1.807) is 23.5 Å². The molecule has 1 aromatic heterocycles. The molecule has 1 aromatic carbocycles.